The molecule has 0 saturated heterocycles. The van der Waals surface area contributed by atoms with Gasteiger partial charge in [0.1, 0.15) is 5.41 Å². The minimum absolute atomic E-state index is 0.0171. The number of carbonyl (C=O) groups is 2. The van der Waals surface area contributed by atoms with Gasteiger partial charge in [0.05, 0.1) is 12.2 Å². The van der Waals surface area contributed by atoms with Crippen molar-refractivity contribution in [3.05, 3.63) is 47.6 Å². The van der Waals surface area contributed by atoms with Crippen molar-refractivity contribution in [2.75, 3.05) is 5.75 Å². The summed E-state index contributed by atoms with van der Waals surface area (Å²) in [6.07, 6.45) is 17.4. The van der Waals surface area contributed by atoms with Crippen LogP contribution in [-0.4, -0.2) is 39.1 Å². The predicted molar refractivity (Wildman–Crippen MR) is 152 cm³/mol. The third-order valence-electron chi connectivity index (χ3n) is 9.87. The normalized spacial score (nSPS) is 35.0. The number of fused-ring (bicyclic) bond motifs is 1. The average molecular weight is 527 g/mol. The molecule has 0 unspecified atom stereocenters. The number of thioether (sulfide) groups is 1. The summed E-state index contributed by atoms with van der Waals surface area (Å²) in [4.78, 5) is 25.8. The zero-order chi connectivity index (χ0) is 26.8. The van der Waals surface area contributed by atoms with E-state index in [0.29, 0.717) is 49.0 Å². The van der Waals surface area contributed by atoms with E-state index < -0.39 is 17.6 Å². The van der Waals surface area contributed by atoms with Gasteiger partial charge in [0, 0.05) is 5.75 Å². The molecular weight excluding hydrogens is 480 g/mol. The lowest BCUT2D eigenvalue weighted by Gasteiger charge is -2.44. The number of carbonyl (C=O) groups excluding carboxylic acids is 2. The molecule has 0 spiro atoms. The van der Waals surface area contributed by atoms with Gasteiger partial charge < -0.3 is 10.2 Å². The molecule has 204 valence electrons. The molecule has 6 atom stereocenters. The molecule has 0 bridgehead atoms. The number of unbranched alkanes of at least 4 members (excludes halogenated alkanes) is 1. The summed E-state index contributed by atoms with van der Waals surface area (Å²) in [6, 6.07) is 0. The van der Waals surface area contributed by atoms with Gasteiger partial charge in [-0.25, -0.2) is 0 Å². The molecule has 4 aliphatic rings. The van der Waals surface area contributed by atoms with E-state index in [1.165, 1.54) is 36.6 Å². The van der Waals surface area contributed by atoms with Gasteiger partial charge in [0.2, 0.25) is 5.12 Å². The summed E-state index contributed by atoms with van der Waals surface area (Å²) in [7, 11) is 0. The van der Waals surface area contributed by atoms with Crippen LogP contribution < -0.4 is 0 Å². The van der Waals surface area contributed by atoms with Crippen molar-refractivity contribution in [2.24, 2.45) is 28.6 Å². The van der Waals surface area contributed by atoms with Crippen molar-refractivity contribution >= 4 is 22.7 Å². The second-order valence-electron chi connectivity index (χ2n) is 12.3. The van der Waals surface area contributed by atoms with E-state index in [1.807, 2.05) is 0 Å². The van der Waals surface area contributed by atoms with Crippen LogP contribution in [0.25, 0.3) is 0 Å². The molecule has 0 aromatic heterocycles. The van der Waals surface area contributed by atoms with Crippen LogP contribution in [0.15, 0.2) is 47.6 Å². The smallest absolute Gasteiger partial charge is 0.202 e. The van der Waals surface area contributed by atoms with Gasteiger partial charge in [-0.2, -0.15) is 0 Å². The van der Waals surface area contributed by atoms with Gasteiger partial charge in [-0.3, -0.25) is 9.59 Å². The third kappa shape index (κ3) is 5.94. The first-order valence-corrected chi connectivity index (χ1v) is 15.4. The van der Waals surface area contributed by atoms with Gasteiger partial charge in [-0.15, -0.1) is 0 Å². The number of rotatable bonds is 9. The number of ketones is 1. The lowest BCUT2D eigenvalue weighted by Crippen LogP contribution is -2.35. The van der Waals surface area contributed by atoms with Crippen molar-refractivity contribution in [3.8, 4) is 0 Å². The SMILES string of the molecule is C=C1[C@H](O)CC(=C/C=C2\CCC[C@]3(C)[C@@H]([C@@H](C)/C=C/C(=O)C4(C(=O)SCCCC)CC4)CC[C@@H]23)C[C@H]1O. The number of hydrogen-bond acceptors (Lipinski definition) is 5. The summed E-state index contributed by atoms with van der Waals surface area (Å²) in [5.41, 5.74) is 2.58. The van der Waals surface area contributed by atoms with Crippen molar-refractivity contribution in [1.82, 2.24) is 0 Å². The zero-order valence-electron chi connectivity index (χ0n) is 23.0. The highest BCUT2D eigenvalue weighted by Crippen LogP contribution is 2.59. The standard InChI is InChI=1S/C32H46O4S/c1-5-6-18-37-30(36)32(16-17-32)29(35)14-9-21(2)25-12-13-26-24(8-7-15-31(25,26)4)11-10-23-19-27(33)22(3)28(34)20-23/h9-11,14,21,25-28,33-34H,3,5-8,12-13,15-20H2,1-2,4H3/b14-9+,24-11+/t21-,25+,26-,27+,28+,31+/m0/s1. The Hall–Kier alpha value is -1.43. The summed E-state index contributed by atoms with van der Waals surface area (Å²) < 4.78 is 0. The second kappa shape index (κ2) is 11.8. The minimum atomic E-state index is -0.738. The van der Waals surface area contributed by atoms with Gasteiger partial charge in [-0.05, 0) is 99.0 Å². The summed E-state index contributed by atoms with van der Waals surface area (Å²) in [5.74, 6) is 2.18. The maximum Gasteiger partial charge on any atom is 0.202 e. The Morgan fingerprint density at radius 3 is 2.49 bits per heavy atom. The van der Waals surface area contributed by atoms with E-state index >= 15 is 0 Å². The van der Waals surface area contributed by atoms with Crippen molar-refractivity contribution in [2.45, 2.75) is 104 Å². The van der Waals surface area contributed by atoms with Crippen LogP contribution >= 0.6 is 11.8 Å². The van der Waals surface area contributed by atoms with E-state index in [1.54, 1.807) is 6.08 Å². The van der Waals surface area contributed by atoms with Crippen LogP contribution in [0, 0.1) is 28.6 Å². The topological polar surface area (TPSA) is 74.6 Å². The molecule has 0 aliphatic heterocycles. The van der Waals surface area contributed by atoms with Crippen LogP contribution in [-0.2, 0) is 9.59 Å². The fourth-order valence-corrected chi connectivity index (χ4v) is 8.42. The molecule has 2 N–H and O–H groups in total. The Labute approximate surface area is 227 Å². The first-order chi connectivity index (χ1) is 17.6. The van der Waals surface area contributed by atoms with Gasteiger partial charge in [0.15, 0.2) is 5.78 Å². The van der Waals surface area contributed by atoms with Gasteiger partial charge >= 0.3 is 0 Å². The Bertz CT molecular complexity index is 971. The van der Waals surface area contributed by atoms with Gasteiger partial charge in [0.25, 0.3) is 0 Å². The quantitative estimate of drug-likeness (QED) is 0.151. The fraction of sp³-hybridized carbons (Fsp3) is 0.688. The fourth-order valence-electron chi connectivity index (χ4n) is 7.22. The molecule has 0 radical (unpaired) electrons. The molecule has 0 aromatic carbocycles. The molecule has 4 aliphatic carbocycles. The van der Waals surface area contributed by atoms with E-state index in [-0.39, 0.29) is 16.3 Å². The third-order valence-corrected chi connectivity index (χ3v) is 11.0. The Balaban J connectivity index is 1.41. The first kappa shape index (κ1) is 28.6. The molecule has 4 saturated carbocycles. The Morgan fingerprint density at radius 2 is 1.84 bits per heavy atom. The number of allylic oxidation sites excluding steroid dienone is 5. The Kier molecular flexibility index (Phi) is 9.08. The molecular formula is C32H46O4S. The highest BCUT2D eigenvalue weighted by Gasteiger charge is 2.55. The van der Waals surface area contributed by atoms with Crippen LogP contribution in [0.5, 0.6) is 0 Å². The summed E-state index contributed by atoms with van der Waals surface area (Å²) >= 11 is 1.35. The molecule has 0 heterocycles. The van der Waals surface area contributed by atoms with Crippen LogP contribution in [0.3, 0.4) is 0 Å². The first-order valence-electron chi connectivity index (χ1n) is 14.5. The van der Waals surface area contributed by atoms with E-state index in [4.69, 9.17) is 0 Å². The predicted octanol–water partition coefficient (Wildman–Crippen LogP) is 6.73. The van der Waals surface area contributed by atoms with Crippen LogP contribution in [0.4, 0.5) is 0 Å². The molecule has 5 heteroatoms. The van der Waals surface area contributed by atoms with E-state index in [2.05, 4.69) is 45.6 Å². The maximum absolute atomic E-state index is 13.1. The minimum Gasteiger partial charge on any atom is -0.388 e. The number of hydrogen-bond donors (Lipinski definition) is 2. The molecule has 0 aromatic rings. The second-order valence-corrected chi connectivity index (χ2v) is 13.4. The highest BCUT2D eigenvalue weighted by molar-refractivity contribution is 8.13. The van der Waals surface area contributed by atoms with Crippen molar-refractivity contribution in [3.63, 3.8) is 0 Å². The molecule has 4 rings (SSSR count). The van der Waals surface area contributed by atoms with Crippen molar-refractivity contribution < 1.29 is 19.8 Å². The molecule has 4 fully saturated rings. The summed E-state index contributed by atoms with van der Waals surface area (Å²) in [6.45, 7) is 10.6. The Morgan fingerprint density at radius 1 is 1.14 bits per heavy atom. The maximum atomic E-state index is 13.1. The number of aliphatic hydroxyl groups excluding tert-OH is 2. The van der Waals surface area contributed by atoms with Crippen molar-refractivity contribution in [1.29, 1.82) is 0 Å². The molecule has 0 amide bonds. The van der Waals surface area contributed by atoms with E-state index in [9.17, 15) is 19.8 Å². The highest BCUT2D eigenvalue weighted by atomic mass is 32.2. The number of aliphatic hydroxyl groups is 2. The molecule has 37 heavy (non-hydrogen) atoms. The zero-order valence-corrected chi connectivity index (χ0v) is 23.8. The lowest BCUT2D eigenvalue weighted by atomic mass is 9.61. The molecule has 4 nitrogen and oxygen atoms in total. The average Bonchev–Trinajstić information content (AvgIpc) is 3.60. The lowest BCUT2D eigenvalue weighted by molar-refractivity contribution is -0.127. The van der Waals surface area contributed by atoms with Gasteiger partial charge in [-0.1, -0.05) is 74.9 Å². The monoisotopic (exact) mass is 526 g/mol. The van der Waals surface area contributed by atoms with Crippen LogP contribution in [0.1, 0.15) is 91.4 Å². The largest absolute Gasteiger partial charge is 0.388 e. The van der Waals surface area contributed by atoms with E-state index in [0.717, 1.165) is 37.0 Å². The van der Waals surface area contributed by atoms with Crippen LogP contribution in [0.2, 0.25) is 0 Å². The summed E-state index contributed by atoms with van der Waals surface area (Å²) in [5, 5.41) is 20.5.